The third-order valence-electron chi connectivity index (χ3n) is 4.32. The van der Waals surface area contributed by atoms with Crippen LogP contribution < -0.4 is 10.6 Å². The van der Waals surface area contributed by atoms with Gasteiger partial charge in [-0.3, -0.25) is 14.9 Å². The van der Waals surface area contributed by atoms with E-state index in [1.54, 1.807) is 32.9 Å². The molecule has 6 nitrogen and oxygen atoms in total. The molecule has 0 heterocycles. The van der Waals surface area contributed by atoms with Crippen LogP contribution in [-0.2, 0) is 19.7 Å². The van der Waals surface area contributed by atoms with Crippen molar-refractivity contribution in [1.82, 2.24) is 10.6 Å². The van der Waals surface area contributed by atoms with E-state index in [1.165, 1.54) is 12.1 Å². The molecule has 2 N–H and O–H groups in total. The zero-order valence-electron chi connectivity index (χ0n) is 15.4. The van der Waals surface area contributed by atoms with E-state index in [2.05, 4.69) is 10.6 Å². The topological polar surface area (TPSA) is 84.5 Å². The first-order valence-corrected chi connectivity index (χ1v) is 8.68. The summed E-state index contributed by atoms with van der Waals surface area (Å²) in [6, 6.07) is 5.14. The van der Waals surface area contributed by atoms with Gasteiger partial charge in [0.1, 0.15) is 5.82 Å². The summed E-state index contributed by atoms with van der Waals surface area (Å²) < 4.78 is 18.4. The van der Waals surface area contributed by atoms with Crippen molar-refractivity contribution in [3.63, 3.8) is 0 Å². The Labute approximate surface area is 152 Å². The highest BCUT2D eigenvalue weighted by molar-refractivity contribution is 5.96. The van der Waals surface area contributed by atoms with Gasteiger partial charge in [0.2, 0.25) is 0 Å². The summed E-state index contributed by atoms with van der Waals surface area (Å²) in [5, 5.41) is 4.71. The minimum atomic E-state index is -0.859. The highest BCUT2D eigenvalue weighted by atomic mass is 19.1. The SMILES string of the molecule is CC(C)(C)NC(=O)NC(=O)COC(=O)C1(c2ccc(F)cc2)CCCC1. The van der Waals surface area contributed by atoms with Gasteiger partial charge in [-0.05, 0) is 51.3 Å². The molecular formula is C19H25FN2O4. The minimum absolute atomic E-state index is 0.375. The standard InChI is InChI=1S/C19H25FN2O4/c1-18(2,3)22-17(25)21-15(23)12-26-16(24)19(10-4-5-11-19)13-6-8-14(20)9-7-13/h6-9H,4-5,10-12H2,1-3H3,(H2,21,22,23,25). The smallest absolute Gasteiger partial charge is 0.321 e. The van der Waals surface area contributed by atoms with E-state index in [1.807, 2.05) is 0 Å². The highest BCUT2D eigenvalue weighted by Gasteiger charge is 2.44. The molecule has 1 aromatic carbocycles. The Morgan fingerprint density at radius 1 is 1.12 bits per heavy atom. The second-order valence-electron chi connectivity index (χ2n) is 7.62. The first kappa shape index (κ1) is 19.9. The molecule has 1 aliphatic rings. The number of nitrogens with one attached hydrogen (secondary N) is 2. The number of carbonyl (C=O) groups is 3. The van der Waals surface area contributed by atoms with Gasteiger partial charge in [-0.15, -0.1) is 0 Å². The number of ether oxygens (including phenoxy) is 1. The van der Waals surface area contributed by atoms with Crippen molar-refractivity contribution in [3.05, 3.63) is 35.6 Å². The maximum absolute atomic E-state index is 13.2. The fourth-order valence-corrected chi connectivity index (χ4v) is 3.16. The van der Waals surface area contributed by atoms with Gasteiger partial charge in [0.15, 0.2) is 6.61 Å². The van der Waals surface area contributed by atoms with E-state index in [-0.39, 0.29) is 5.82 Å². The van der Waals surface area contributed by atoms with E-state index in [9.17, 15) is 18.8 Å². The average Bonchev–Trinajstić information content (AvgIpc) is 3.02. The molecule has 1 aromatic rings. The van der Waals surface area contributed by atoms with Crippen LogP contribution in [0.25, 0.3) is 0 Å². The van der Waals surface area contributed by atoms with E-state index in [4.69, 9.17) is 4.74 Å². The molecule has 1 saturated carbocycles. The van der Waals surface area contributed by atoms with Crippen LogP contribution >= 0.6 is 0 Å². The van der Waals surface area contributed by atoms with Crippen molar-refractivity contribution in [1.29, 1.82) is 0 Å². The first-order chi connectivity index (χ1) is 12.1. The summed E-state index contributed by atoms with van der Waals surface area (Å²) in [4.78, 5) is 36.2. The minimum Gasteiger partial charge on any atom is -0.455 e. The number of amides is 3. The molecule has 142 valence electrons. The Morgan fingerprint density at radius 3 is 2.23 bits per heavy atom. The fourth-order valence-electron chi connectivity index (χ4n) is 3.16. The predicted molar refractivity (Wildman–Crippen MR) is 93.9 cm³/mol. The molecule has 2 rings (SSSR count). The van der Waals surface area contributed by atoms with Crippen LogP contribution in [0, 0.1) is 5.82 Å². The maximum atomic E-state index is 13.2. The molecular weight excluding hydrogens is 339 g/mol. The number of urea groups is 1. The highest BCUT2D eigenvalue weighted by Crippen LogP contribution is 2.42. The van der Waals surface area contributed by atoms with Crippen LogP contribution in [0.15, 0.2) is 24.3 Å². The number of imide groups is 1. The Morgan fingerprint density at radius 2 is 1.69 bits per heavy atom. The van der Waals surface area contributed by atoms with Crippen molar-refractivity contribution in [2.45, 2.75) is 57.4 Å². The van der Waals surface area contributed by atoms with Crippen molar-refractivity contribution in [3.8, 4) is 0 Å². The van der Waals surface area contributed by atoms with Crippen molar-refractivity contribution < 1.29 is 23.5 Å². The third kappa shape index (κ3) is 5.03. The third-order valence-corrected chi connectivity index (χ3v) is 4.32. The lowest BCUT2D eigenvalue weighted by Gasteiger charge is -2.27. The van der Waals surface area contributed by atoms with Crippen LogP contribution in [-0.4, -0.2) is 30.1 Å². The number of benzene rings is 1. The summed E-state index contributed by atoms with van der Waals surface area (Å²) in [5.41, 5.74) is -0.661. The molecule has 1 fully saturated rings. The van der Waals surface area contributed by atoms with Crippen molar-refractivity contribution >= 4 is 17.9 Å². The Kier molecular flexibility index (Phi) is 6.00. The Hall–Kier alpha value is -2.44. The van der Waals surface area contributed by atoms with Crippen molar-refractivity contribution in [2.24, 2.45) is 0 Å². The van der Waals surface area contributed by atoms with Gasteiger partial charge < -0.3 is 10.1 Å². The molecule has 0 aliphatic heterocycles. The summed E-state index contributed by atoms with van der Waals surface area (Å²) in [5.74, 6) is -1.60. The molecule has 7 heteroatoms. The second-order valence-corrected chi connectivity index (χ2v) is 7.62. The van der Waals surface area contributed by atoms with Crippen molar-refractivity contribution in [2.75, 3.05) is 6.61 Å². The second kappa shape index (κ2) is 7.85. The van der Waals surface area contributed by atoms with Gasteiger partial charge in [0, 0.05) is 5.54 Å². The lowest BCUT2D eigenvalue weighted by Crippen LogP contribution is -2.49. The van der Waals surface area contributed by atoms with Crippen LogP contribution in [0.5, 0.6) is 0 Å². The number of halogens is 1. The number of hydrogen-bond acceptors (Lipinski definition) is 4. The number of hydrogen-bond donors (Lipinski definition) is 2. The molecule has 0 unspecified atom stereocenters. The first-order valence-electron chi connectivity index (χ1n) is 8.68. The van der Waals surface area contributed by atoms with E-state index < -0.39 is 35.5 Å². The number of rotatable bonds is 4. The lowest BCUT2D eigenvalue weighted by molar-refractivity contribution is -0.154. The Balaban J connectivity index is 1.97. The molecule has 0 aromatic heterocycles. The quantitative estimate of drug-likeness (QED) is 0.805. The van der Waals surface area contributed by atoms with Gasteiger partial charge in [-0.25, -0.2) is 9.18 Å². The normalized spacial score (nSPS) is 16.0. The molecule has 0 bridgehead atoms. The monoisotopic (exact) mass is 364 g/mol. The van der Waals surface area contributed by atoms with E-state index in [0.29, 0.717) is 18.4 Å². The van der Waals surface area contributed by atoms with Gasteiger partial charge >= 0.3 is 12.0 Å². The number of esters is 1. The van der Waals surface area contributed by atoms with E-state index in [0.717, 1.165) is 12.8 Å². The summed E-state index contributed by atoms with van der Waals surface area (Å²) in [6.45, 7) is 4.80. The molecule has 1 aliphatic carbocycles. The largest absolute Gasteiger partial charge is 0.455 e. The molecule has 0 atom stereocenters. The molecule has 0 saturated heterocycles. The number of carbonyl (C=O) groups excluding carboxylic acids is 3. The van der Waals surface area contributed by atoms with Crippen LogP contribution in [0.4, 0.5) is 9.18 Å². The van der Waals surface area contributed by atoms with Crippen LogP contribution in [0.1, 0.15) is 52.0 Å². The summed E-state index contributed by atoms with van der Waals surface area (Å²) >= 11 is 0. The predicted octanol–water partition coefficient (Wildman–Crippen LogP) is 2.81. The summed E-state index contributed by atoms with van der Waals surface area (Å²) in [7, 11) is 0. The summed E-state index contributed by atoms with van der Waals surface area (Å²) in [6.07, 6.45) is 2.88. The zero-order valence-corrected chi connectivity index (χ0v) is 15.4. The van der Waals surface area contributed by atoms with Crippen LogP contribution in [0.2, 0.25) is 0 Å². The fraction of sp³-hybridized carbons (Fsp3) is 0.526. The molecule has 0 spiro atoms. The Bertz CT molecular complexity index is 674. The molecule has 0 radical (unpaired) electrons. The maximum Gasteiger partial charge on any atom is 0.321 e. The van der Waals surface area contributed by atoms with E-state index >= 15 is 0 Å². The van der Waals surface area contributed by atoms with Gasteiger partial charge in [0.05, 0.1) is 5.41 Å². The van der Waals surface area contributed by atoms with Gasteiger partial charge in [-0.1, -0.05) is 25.0 Å². The van der Waals surface area contributed by atoms with Gasteiger partial charge in [-0.2, -0.15) is 0 Å². The zero-order chi connectivity index (χ0) is 19.4. The lowest BCUT2D eigenvalue weighted by atomic mass is 9.79. The molecule has 26 heavy (non-hydrogen) atoms. The molecule has 3 amide bonds. The van der Waals surface area contributed by atoms with Crippen LogP contribution in [0.3, 0.4) is 0 Å². The average molecular weight is 364 g/mol. The van der Waals surface area contributed by atoms with Gasteiger partial charge in [0.25, 0.3) is 5.91 Å².